The van der Waals surface area contributed by atoms with Gasteiger partial charge in [0, 0.05) is 30.1 Å². The number of benzene rings is 1. The van der Waals surface area contributed by atoms with Gasteiger partial charge in [-0.2, -0.15) is 0 Å². The third-order valence-electron chi connectivity index (χ3n) is 4.53. The van der Waals surface area contributed by atoms with Crippen LogP contribution in [0.2, 0.25) is 5.02 Å². The summed E-state index contributed by atoms with van der Waals surface area (Å²) >= 11 is 6.00. The number of carbonyl (C=O) groups excluding carboxylic acids is 1. The lowest BCUT2D eigenvalue weighted by molar-refractivity contribution is -0.137. The number of carboxylic acid groups (broad SMARTS) is 1. The summed E-state index contributed by atoms with van der Waals surface area (Å²) in [6, 6.07) is 5.35. The maximum atomic E-state index is 12.8. The fourth-order valence-corrected chi connectivity index (χ4v) is 3.47. The summed E-state index contributed by atoms with van der Waals surface area (Å²) in [6.45, 7) is 1.58. The first-order chi connectivity index (χ1) is 11.5. The van der Waals surface area contributed by atoms with Crippen molar-refractivity contribution < 1.29 is 19.4 Å². The SMILES string of the molecule is O=C(O)CCC1CCCN(C(=O)C2=Cc3cc(Cl)ccc3OC2)C1. The monoisotopic (exact) mass is 349 g/mol. The molecule has 2 aliphatic heterocycles. The summed E-state index contributed by atoms with van der Waals surface area (Å²) < 4.78 is 5.66. The number of rotatable bonds is 4. The highest BCUT2D eigenvalue weighted by atomic mass is 35.5. The van der Waals surface area contributed by atoms with Crippen molar-refractivity contribution in [2.75, 3.05) is 19.7 Å². The van der Waals surface area contributed by atoms with Crippen LogP contribution in [0.5, 0.6) is 5.75 Å². The molecule has 0 aliphatic carbocycles. The van der Waals surface area contributed by atoms with Crippen LogP contribution in [-0.2, 0) is 9.59 Å². The van der Waals surface area contributed by atoms with Crippen molar-refractivity contribution >= 4 is 29.6 Å². The van der Waals surface area contributed by atoms with Crippen molar-refractivity contribution in [1.29, 1.82) is 0 Å². The summed E-state index contributed by atoms with van der Waals surface area (Å²) in [5.74, 6) is 0.176. The third kappa shape index (κ3) is 3.90. The summed E-state index contributed by atoms with van der Waals surface area (Å²) in [5, 5.41) is 9.43. The van der Waals surface area contributed by atoms with Crippen molar-refractivity contribution in [2.45, 2.75) is 25.7 Å². The average molecular weight is 350 g/mol. The van der Waals surface area contributed by atoms with Crippen LogP contribution in [0.3, 0.4) is 0 Å². The zero-order chi connectivity index (χ0) is 17.1. The number of halogens is 1. The molecule has 2 aliphatic rings. The second-order valence-electron chi connectivity index (χ2n) is 6.33. The summed E-state index contributed by atoms with van der Waals surface area (Å²) in [6.07, 6.45) is 4.50. The highest BCUT2D eigenvalue weighted by Crippen LogP contribution is 2.30. The number of amides is 1. The molecule has 1 N–H and O–H groups in total. The quantitative estimate of drug-likeness (QED) is 0.906. The van der Waals surface area contributed by atoms with E-state index in [2.05, 4.69) is 0 Å². The minimum atomic E-state index is -0.782. The van der Waals surface area contributed by atoms with Gasteiger partial charge in [0.2, 0.25) is 0 Å². The number of aliphatic carboxylic acids is 1. The smallest absolute Gasteiger partial charge is 0.303 e. The maximum absolute atomic E-state index is 12.8. The summed E-state index contributed by atoms with van der Waals surface area (Å²) in [4.78, 5) is 25.3. The largest absolute Gasteiger partial charge is 0.488 e. The topological polar surface area (TPSA) is 66.8 Å². The van der Waals surface area contributed by atoms with Crippen LogP contribution in [0.25, 0.3) is 6.08 Å². The summed E-state index contributed by atoms with van der Waals surface area (Å²) in [5.41, 5.74) is 1.43. The van der Waals surface area contributed by atoms with Gasteiger partial charge in [0.15, 0.2) is 0 Å². The number of hydrogen-bond acceptors (Lipinski definition) is 3. The molecule has 1 saturated heterocycles. The Hall–Kier alpha value is -2.01. The normalized spacial score (nSPS) is 20.0. The molecule has 1 fully saturated rings. The molecule has 0 bridgehead atoms. The Bertz CT molecular complexity index is 686. The van der Waals surface area contributed by atoms with Gasteiger partial charge >= 0.3 is 5.97 Å². The predicted octanol–water partition coefficient (Wildman–Crippen LogP) is 3.22. The molecule has 2 heterocycles. The van der Waals surface area contributed by atoms with E-state index >= 15 is 0 Å². The first-order valence-electron chi connectivity index (χ1n) is 8.17. The minimum Gasteiger partial charge on any atom is -0.488 e. The number of likely N-dealkylation sites (tertiary alicyclic amines) is 1. The van der Waals surface area contributed by atoms with Gasteiger partial charge in [-0.25, -0.2) is 0 Å². The second-order valence-corrected chi connectivity index (χ2v) is 6.77. The molecule has 5 nitrogen and oxygen atoms in total. The van der Waals surface area contributed by atoms with Gasteiger partial charge in [-0.3, -0.25) is 9.59 Å². The Kier molecular flexibility index (Phi) is 5.09. The van der Waals surface area contributed by atoms with Crippen LogP contribution >= 0.6 is 11.6 Å². The van der Waals surface area contributed by atoms with Crippen molar-refractivity contribution in [3.05, 3.63) is 34.4 Å². The van der Waals surface area contributed by atoms with Crippen LogP contribution < -0.4 is 4.74 Å². The standard InChI is InChI=1S/C18H20ClNO4/c19-15-4-5-16-13(9-15)8-14(11-24-16)18(23)20-7-1-2-12(10-20)3-6-17(21)22/h4-5,8-9,12H,1-3,6-7,10-11H2,(H,21,22). The first-order valence-corrected chi connectivity index (χ1v) is 8.54. The molecule has 6 heteroatoms. The van der Waals surface area contributed by atoms with Crippen LogP contribution in [0.1, 0.15) is 31.2 Å². The highest BCUT2D eigenvalue weighted by molar-refractivity contribution is 6.30. The van der Waals surface area contributed by atoms with Crippen molar-refractivity contribution in [2.24, 2.45) is 5.92 Å². The van der Waals surface area contributed by atoms with Crippen molar-refractivity contribution in [3.63, 3.8) is 0 Å². The highest BCUT2D eigenvalue weighted by Gasteiger charge is 2.27. The molecule has 128 valence electrons. The van der Waals surface area contributed by atoms with Gasteiger partial charge in [0.25, 0.3) is 5.91 Å². The van der Waals surface area contributed by atoms with Gasteiger partial charge < -0.3 is 14.7 Å². The van der Waals surface area contributed by atoms with Gasteiger partial charge in [0.05, 0.1) is 5.57 Å². The average Bonchev–Trinajstić information content (AvgIpc) is 2.59. The van der Waals surface area contributed by atoms with E-state index in [1.165, 1.54) is 0 Å². The van der Waals surface area contributed by atoms with E-state index in [1.54, 1.807) is 18.2 Å². The van der Waals surface area contributed by atoms with Crippen LogP contribution in [-0.4, -0.2) is 41.6 Å². The first kappa shape index (κ1) is 16.8. The molecule has 1 aromatic carbocycles. The van der Waals surface area contributed by atoms with Crippen LogP contribution in [0, 0.1) is 5.92 Å². The van der Waals surface area contributed by atoms with E-state index in [4.69, 9.17) is 21.4 Å². The lowest BCUT2D eigenvalue weighted by atomic mass is 9.93. The second kappa shape index (κ2) is 7.26. The molecule has 1 unspecified atom stereocenters. The summed E-state index contributed by atoms with van der Waals surface area (Å²) in [7, 11) is 0. The molecular formula is C18H20ClNO4. The molecule has 24 heavy (non-hydrogen) atoms. The molecule has 3 rings (SSSR count). The van der Waals surface area contributed by atoms with Crippen molar-refractivity contribution in [3.8, 4) is 5.75 Å². The fourth-order valence-electron chi connectivity index (χ4n) is 3.29. The number of ether oxygens (including phenoxy) is 1. The molecule has 0 aromatic heterocycles. The lowest BCUT2D eigenvalue weighted by Crippen LogP contribution is -2.41. The van der Waals surface area contributed by atoms with E-state index in [9.17, 15) is 9.59 Å². The predicted molar refractivity (Wildman–Crippen MR) is 91.1 cm³/mol. The Morgan fingerprint density at radius 3 is 3.00 bits per heavy atom. The van der Waals surface area contributed by atoms with Gasteiger partial charge in [0.1, 0.15) is 12.4 Å². The molecule has 1 aromatic rings. The van der Waals surface area contributed by atoms with E-state index in [0.29, 0.717) is 30.1 Å². The lowest BCUT2D eigenvalue weighted by Gasteiger charge is -2.33. The Balaban J connectivity index is 1.69. The van der Waals surface area contributed by atoms with Crippen molar-refractivity contribution in [1.82, 2.24) is 4.90 Å². The van der Waals surface area contributed by atoms with E-state index in [0.717, 1.165) is 24.2 Å². The van der Waals surface area contributed by atoms with E-state index in [-0.39, 0.29) is 24.9 Å². The number of hydrogen-bond donors (Lipinski definition) is 1. The number of carboxylic acids is 1. The number of nitrogens with zero attached hydrogens (tertiary/aromatic N) is 1. The van der Waals surface area contributed by atoms with Gasteiger partial charge in [-0.15, -0.1) is 0 Å². The Morgan fingerprint density at radius 2 is 2.21 bits per heavy atom. The zero-order valence-corrected chi connectivity index (χ0v) is 14.1. The molecule has 0 radical (unpaired) electrons. The van der Waals surface area contributed by atoms with E-state index < -0.39 is 5.97 Å². The molecule has 1 atom stereocenters. The van der Waals surface area contributed by atoms with Crippen LogP contribution in [0.15, 0.2) is 23.8 Å². The van der Waals surface area contributed by atoms with Gasteiger partial charge in [-0.05, 0) is 49.5 Å². The number of piperidine rings is 1. The minimum absolute atomic E-state index is 0.0272. The molecule has 1 amide bonds. The molecule has 0 saturated carbocycles. The van der Waals surface area contributed by atoms with E-state index in [1.807, 2.05) is 11.0 Å². The van der Waals surface area contributed by atoms with Crippen LogP contribution in [0.4, 0.5) is 0 Å². The Labute approximate surface area is 145 Å². The number of fused-ring (bicyclic) bond motifs is 1. The maximum Gasteiger partial charge on any atom is 0.303 e. The molecular weight excluding hydrogens is 330 g/mol. The number of carbonyl (C=O) groups is 2. The molecule has 0 spiro atoms. The van der Waals surface area contributed by atoms with Gasteiger partial charge in [-0.1, -0.05) is 11.6 Å². The fraction of sp³-hybridized carbons (Fsp3) is 0.444. The zero-order valence-electron chi connectivity index (χ0n) is 13.3. The third-order valence-corrected chi connectivity index (χ3v) is 4.77. The Morgan fingerprint density at radius 1 is 1.38 bits per heavy atom.